The van der Waals surface area contributed by atoms with E-state index in [1.54, 1.807) is 0 Å². The Kier molecular flexibility index (Phi) is 4.33. The Bertz CT molecular complexity index is 404. The number of benzene rings is 1. The highest BCUT2D eigenvalue weighted by atomic mass is 16.1. The molecule has 2 nitrogen and oxygen atoms in total. The lowest BCUT2D eigenvalue weighted by Crippen LogP contribution is -2.35. The molecule has 0 atom stereocenters. The van der Waals surface area contributed by atoms with Gasteiger partial charge in [0, 0.05) is 18.4 Å². The number of hydrogen-bond acceptors (Lipinski definition) is 2. The number of ketones is 1. The maximum Gasteiger partial charge on any atom is 0.139 e. The lowest BCUT2D eigenvalue weighted by atomic mass is 9.86. The van der Waals surface area contributed by atoms with Crippen molar-refractivity contribution in [1.82, 2.24) is 0 Å². The molecule has 100 valence electrons. The zero-order valence-corrected chi connectivity index (χ0v) is 12.2. The summed E-state index contributed by atoms with van der Waals surface area (Å²) in [5.74, 6) is 0.200. The molecule has 0 aliphatic heterocycles. The van der Waals surface area contributed by atoms with E-state index in [0.717, 1.165) is 5.56 Å². The van der Waals surface area contributed by atoms with Crippen molar-refractivity contribution in [2.75, 3.05) is 0 Å². The second-order valence-electron chi connectivity index (χ2n) is 6.83. The molecule has 18 heavy (non-hydrogen) atoms. The molecule has 0 aliphatic carbocycles. The van der Waals surface area contributed by atoms with Crippen LogP contribution in [0.3, 0.4) is 0 Å². The van der Waals surface area contributed by atoms with Crippen molar-refractivity contribution in [2.45, 2.75) is 58.4 Å². The van der Waals surface area contributed by atoms with E-state index in [9.17, 15) is 4.79 Å². The molecule has 1 aromatic carbocycles. The average Bonchev–Trinajstić information content (AvgIpc) is 2.13. The monoisotopic (exact) mass is 247 g/mol. The van der Waals surface area contributed by atoms with Gasteiger partial charge in [0.15, 0.2) is 0 Å². The van der Waals surface area contributed by atoms with Crippen molar-refractivity contribution < 1.29 is 4.79 Å². The third kappa shape index (κ3) is 5.01. The van der Waals surface area contributed by atoms with Gasteiger partial charge >= 0.3 is 0 Å². The van der Waals surface area contributed by atoms with Crippen LogP contribution in [0.4, 0.5) is 0 Å². The Labute approximate surface area is 111 Å². The van der Waals surface area contributed by atoms with Crippen LogP contribution in [0.1, 0.15) is 52.2 Å². The molecule has 0 unspecified atom stereocenters. The normalized spacial score (nSPS) is 12.6. The zero-order chi connectivity index (χ0) is 14.0. The van der Waals surface area contributed by atoms with Gasteiger partial charge in [0.2, 0.25) is 0 Å². The summed E-state index contributed by atoms with van der Waals surface area (Å²) in [4.78, 5) is 11.8. The Morgan fingerprint density at radius 2 is 1.56 bits per heavy atom. The highest BCUT2D eigenvalue weighted by Crippen LogP contribution is 2.22. The van der Waals surface area contributed by atoms with Gasteiger partial charge in [-0.05, 0) is 30.4 Å². The fraction of sp³-hybridized carbons (Fsp3) is 0.562. The molecule has 0 saturated carbocycles. The summed E-state index contributed by atoms with van der Waals surface area (Å²) in [7, 11) is 0. The lowest BCUT2D eigenvalue weighted by molar-refractivity contribution is -0.119. The molecule has 0 heterocycles. The first-order valence-corrected chi connectivity index (χ1v) is 6.48. The summed E-state index contributed by atoms with van der Waals surface area (Å²) in [6.07, 6.45) is 0.902. The number of Topliss-reactive ketones (excluding diaryl/α,β-unsaturated/α-hetero) is 1. The lowest BCUT2D eigenvalue weighted by Gasteiger charge is -2.19. The molecule has 0 spiro atoms. The molecule has 0 aromatic heterocycles. The number of hydrogen-bond donors (Lipinski definition) is 1. The van der Waals surface area contributed by atoms with Crippen LogP contribution in [0.5, 0.6) is 0 Å². The fourth-order valence-electron chi connectivity index (χ4n) is 1.92. The minimum absolute atomic E-state index is 0.155. The van der Waals surface area contributed by atoms with Crippen LogP contribution in [-0.4, -0.2) is 11.3 Å². The molecule has 2 heteroatoms. The van der Waals surface area contributed by atoms with Crippen molar-refractivity contribution in [3.63, 3.8) is 0 Å². The topological polar surface area (TPSA) is 43.1 Å². The van der Waals surface area contributed by atoms with Crippen LogP contribution < -0.4 is 5.73 Å². The van der Waals surface area contributed by atoms with Crippen LogP contribution in [0, 0.1) is 0 Å². The largest absolute Gasteiger partial charge is 0.325 e. The summed E-state index contributed by atoms with van der Waals surface area (Å²) in [6.45, 7) is 10.3. The first-order valence-electron chi connectivity index (χ1n) is 6.48. The zero-order valence-electron chi connectivity index (χ0n) is 12.2. The quantitative estimate of drug-likeness (QED) is 0.887. The maximum absolute atomic E-state index is 11.8. The van der Waals surface area contributed by atoms with Gasteiger partial charge in [-0.1, -0.05) is 45.0 Å². The number of rotatable bonds is 4. The molecule has 0 saturated heterocycles. The standard InChI is InChI=1S/C16H25NO/c1-15(2,3)13-8-6-12(7-9-13)10-14(18)11-16(4,5)17/h6-9H,10-11,17H2,1-5H3. The minimum Gasteiger partial charge on any atom is -0.325 e. The van der Waals surface area contributed by atoms with E-state index in [0.29, 0.717) is 12.8 Å². The highest BCUT2D eigenvalue weighted by Gasteiger charge is 2.17. The SMILES string of the molecule is CC(C)(N)CC(=O)Cc1ccc(C(C)(C)C)cc1. The van der Waals surface area contributed by atoms with E-state index < -0.39 is 5.54 Å². The van der Waals surface area contributed by atoms with E-state index in [1.165, 1.54) is 5.56 Å². The second kappa shape index (κ2) is 5.23. The van der Waals surface area contributed by atoms with Gasteiger partial charge in [-0.25, -0.2) is 0 Å². The summed E-state index contributed by atoms with van der Waals surface area (Å²) < 4.78 is 0. The van der Waals surface area contributed by atoms with Gasteiger partial charge in [0.05, 0.1) is 0 Å². The maximum atomic E-state index is 11.8. The van der Waals surface area contributed by atoms with Crippen molar-refractivity contribution in [2.24, 2.45) is 5.73 Å². The molecule has 0 aliphatic rings. The van der Waals surface area contributed by atoms with Gasteiger partial charge in [-0.2, -0.15) is 0 Å². The Morgan fingerprint density at radius 1 is 1.06 bits per heavy atom. The highest BCUT2D eigenvalue weighted by molar-refractivity contribution is 5.81. The Balaban J connectivity index is 2.67. The summed E-state index contributed by atoms with van der Waals surface area (Å²) in [5.41, 5.74) is 7.95. The third-order valence-corrected chi connectivity index (χ3v) is 2.87. The van der Waals surface area contributed by atoms with Gasteiger partial charge in [0.1, 0.15) is 5.78 Å². The predicted molar refractivity (Wildman–Crippen MR) is 76.7 cm³/mol. The second-order valence-corrected chi connectivity index (χ2v) is 6.83. The van der Waals surface area contributed by atoms with E-state index in [2.05, 4.69) is 32.9 Å². The first kappa shape index (κ1) is 14.9. The smallest absolute Gasteiger partial charge is 0.139 e. The summed E-state index contributed by atoms with van der Waals surface area (Å²) in [5, 5.41) is 0. The van der Waals surface area contributed by atoms with Crippen LogP contribution in [0.2, 0.25) is 0 Å². The molecule has 1 rings (SSSR count). The number of carbonyl (C=O) groups excluding carboxylic acids is 1. The predicted octanol–water partition coefficient (Wildman–Crippen LogP) is 3.22. The Hall–Kier alpha value is -1.15. The Morgan fingerprint density at radius 3 is 1.94 bits per heavy atom. The minimum atomic E-state index is -0.414. The molecular formula is C16H25NO. The molecule has 0 fully saturated rings. The number of carbonyl (C=O) groups is 1. The van der Waals surface area contributed by atoms with E-state index >= 15 is 0 Å². The van der Waals surface area contributed by atoms with Gasteiger partial charge < -0.3 is 5.73 Å². The van der Waals surface area contributed by atoms with Crippen LogP contribution in [0.15, 0.2) is 24.3 Å². The first-order chi connectivity index (χ1) is 8.08. The van der Waals surface area contributed by atoms with Crippen molar-refractivity contribution in [1.29, 1.82) is 0 Å². The molecular weight excluding hydrogens is 222 g/mol. The summed E-state index contributed by atoms with van der Waals surface area (Å²) >= 11 is 0. The van der Waals surface area contributed by atoms with Crippen LogP contribution >= 0.6 is 0 Å². The van der Waals surface area contributed by atoms with E-state index in [4.69, 9.17) is 5.73 Å². The van der Waals surface area contributed by atoms with Crippen LogP contribution in [-0.2, 0) is 16.6 Å². The number of nitrogens with two attached hydrogens (primary N) is 1. The molecule has 0 amide bonds. The van der Waals surface area contributed by atoms with Gasteiger partial charge in [0.25, 0.3) is 0 Å². The fourth-order valence-corrected chi connectivity index (χ4v) is 1.92. The van der Waals surface area contributed by atoms with Crippen molar-refractivity contribution in [3.8, 4) is 0 Å². The molecule has 2 N–H and O–H groups in total. The molecule has 1 aromatic rings. The van der Waals surface area contributed by atoms with E-state index in [1.807, 2.05) is 26.0 Å². The van der Waals surface area contributed by atoms with E-state index in [-0.39, 0.29) is 11.2 Å². The van der Waals surface area contributed by atoms with Gasteiger partial charge in [-0.3, -0.25) is 4.79 Å². The third-order valence-electron chi connectivity index (χ3n) is 2.87. The average molecular weight is 247 g/mol. The van der Waals surface area contributed by atoms with Gasteiger partial charge in [-0.15, -0.1) is 0 Å². The molecule has 0 bridgehead atoms. The van der Waals surface area contributed by atoms with Crippen molar-refractivity contribution in [3.05, 3.63) is 35.4 Å². The van der Waals surface area contributed by atoms with Crippen LogP contribution in [0.25, 0.3) is 0 Å². The van der Waals surface area contributed by atoms with Crippen molar-refractivity contribution >= 4 is 5.78 Å². The summed E-state index contributed by atoms with van der Waals surface area (Å²) in [6, 6.07) is 8.30. The molecule has 0 radical (unpaired) electrons.